The molecule has 0 saturated heterocycles. The molecule has 0 aliphatic heterocycles. The van der Waals surface area contributed by atoms with E-state index < -0.39 is 20.7 Å². The van der Waals surface area contributed by atoms with E-state index in [1.54, 1.807) is 47.8 Å². The Bertz CT molecular complexity index is 1320. The van der Waals surface area contributed by atoms with Crippen LogP contribution >= 0.6 is 0 Å². The maximum Gasteiger partial charge on any atom is 0.264 e. The normalized spacial score (nSPS) is 11.6. The van der Waals surface area contributed by atoms with Gasteiger partial charge in [0.2, 0.25) is 0 Å². The van der Waals surface area contributed by atoms with E-state index in [1.165, 1.54) is 13.2 Å². The molecule has 4 rings (SSSR count). The van der Waals surface area contributed by atoms with Crippen LogP contribution in [0.4, 0.5) is 10.1 Å². The molecule has 0 atom stereocenters. The monoisotopic (exact) mass is 413 g/mol. The zero-order valence-electron chi connectivity index (χ0n) is 15.5. The number of sulfonamides is 1. The molecule has 0 amide bonds. The number of methoxy groups -OCH3 is 1. The Labute approximate surface area is 166 Å². The van der Waals surface area contributed by atoms with Gasteiger partial charge < -0.3 is 4.74 Å². The highest BCUT2D eigenvalue weighted by Crippen LogP contribution is 2.25. The van der Waals surface area contributed by atoms with Crippen molar-refractivity contribution in [3.8, 4) is 17.0 Å². The second-order valence-corrected chi connectivity index (χ2v) is 7.87. The molecule has 2 aromatic heterocycles. The van der Waals surface area contributed by atoms with E-state index in [1.807, 2.05) is 0 Å². The molecule has 0 saturated carbocycles. The van der Waals surface area contributed by atoms with Crippen LogP contribution in [0.15, 0.2) is 59.5 Å². The summed E-state index contributed by atoms with van der Waals surface area (Å²) in [6, 6.07) is 13.8. The summed E-state index contributed by atoms with van der Waals surface area (Å²) in [6.07, 6.45) is 0. The maximum atomic E-state index is 14.2. The van der Waals surface area contributed by atoms with Crippen molar-refractivity contribution in [2.24, 2.45) is 0 Å². The molecule has 8 nitrogen and oxygen atoms in total. The van der Waals surface area contributed by atoms with E-state index in [2.05, 4.69) is 20.0 Å². The zero-order valence-corrected chi connectivity index (χ0v) is 16.3. The van der Waals surface area contributed by atoms with Crippen molar-refractivity contribution in [3.63, 3.8) is 0 Å². The highest BCUT2D eigenvalue weighted by molar-refractivity contribution is 7.92. The molecule has 2 aromatic carbocycles. The summed E-state index contributed by atoms with van der Waals surface area (Å²) in [6.45, 7) is 1.78. The van der Waals surface area contributed by atoms with Crippen LogP contribution in [-0.2, 0) is 10.0 Å². The van der Waals surface area contributed by atoms with E-state index in [-0.39, 0.29) is 11.4 Å². The molecule has 0 bridgehead atoms. The van der Waals surface area contributed by atoms with Gasteiger partial charge in [0.15, 0.2) is 11.5 Å². The van der Waals surface area contributed by atoms with Crippen LogP contribution in [0.1, 0.15) is 5.82 Å². The van der Waals surface area contributed by atoms with E-state index >= 15 is 0 Å². The standard InChI is InChI=1S/C19H16FN5O3S/c1-12-21-22-19-9-7-17(23-25(12)19)13-4-3-5-14(10-13)24-29(26,27)18-8-6-15(28-2)11-16(18)20/h3-11,24H,1-2H3. The Morgan fingerprint density at radius 1 is 1.07 bits per heavy atom. The largest absolute Gasteiger partial charge is 0.497 e. The summed E-state index contributed by atoms with van der Waals surface area (Å²) in [4.78, 5) is -0.469. The third-order valence-electron chi connectivity index (χ3n) is 4.26. The van der Waals surface area contributed by atoms with Gasteiger partial charge in [-0.25, -0.2) is 12.8 Å². The van der Waals surface area contributed by atoms with Gasteiger partial charge in [0.1, 0.15) is 16.5 Å². The minimum Gasteiger partial charge on any atom is -0.497 e. The molecule has 0 spiro atoms. The Morgan fingerprint density at radius 3 is 2.66 bits per heavy atom. The van der Waals surface area contributed by atoms with Gasteiger partial charge in [-0.1, -0.05) is 12.1 Å². The Morgan fingerprint density at radius 2 is 1.90 bits per heavy atom. The summed E-state index contributed by atoms with van der Waals surface area (Å²) in [7, 11) is -2.75. The number of ether oxygens (including phenoxy) is 1. The Hall–Kier alpha value is -3.53. The molecular weight excluding hydrogens is 397 g/mol. The summed E-state index contributed by atoms with van der Waals surface area (Å²) in [5, 5.41) is 12.4. The first-order valence-corrected chi connectivity index (χ1v) is 10.0. The van der Waals surface area contributed by atoms with Crippen molar-refractivity contribution >= 4 is 21.4 Å². The molecule has 148 valence electrons. The smallest absolute Gasteiger partial charge is 0.264 e. The summed E-state index contributed by atoms with van der Waals surface area (Å²) in [5.41, 5.74) is 2.17. The first kappa shape index (κ1) is 18.8. The Balaban J connectivity index is 1.67. The lowest BCUT2D eigenvalue weighted by Gasteiger charge is -2.11. The molecule has 0 aliphatic carbocycles. The number of halogens is 1. The van der Waals surface area contributed by atoms with E-state index in [0.29, 0.717) is 22.7 Å². The molecule has 29 heavy (non-hydrogen) atoms. The topological polar surface area (TPSA) is 98.5 Å². The number of anilines is 1. The second kappa shape index (κ2) is 7.13. The third kappa shape index (κ3) is 3.61. The number of rotatable bonds is 5. The zero-order chi connectivity index (χ0) is 20.6. The van der Waals surface area contributed by atoms with E-state index in [0.717, 1.165) is 12.1 Å². The van der Waals surface area contributed by atoms with Crippen molar-refractivity contribution in [2.45, 2.75) is 11.8 Å². The predicted molar refractivity (Wildman–Crippen MR) is 105 cm³/mol. The molecule has 0 fully saturated rings. The molecule has 0 radical (unpaired) electrons. The van der Waals surface area contributed by atoms with Crippen LogP contribution in [0.3, 0.4) is 0 Å². The quantitative estimate of drug-likeness (QED) is 0.540. The fraction of sp³-hybridized carbons (Fsp3) is 0.105. The number of hydrogen-bond donors (Lipinski definition) is 1. The summed E-state index contributed by atoms with van der Waals surface area (Å²) in [5.74, 6) is -0.0360. The summed E-state index contributed by atoms with van der Waals surface area (Å²) < 4.78 is 48.4. The minimum atomic E-state index is -4.13. The minimum absolute atomic E-state index is 0.231. The Kier molecular flexibility index (Phi) is 4.63. The van der Waals surface area contributed by atoms with E-state index in [4.69, 9.17) is 4.74 Å². The average molecular weight is 413 g/mol. The molecule has 0 unspecified atom stereocenters. The van der Waals surface area contributed by atoms with Crippen molar-refractivity contribution in [2.75, 3.05) is 11.8 Å². The van der Waals surface area contributed by atoms with Crippen LogP contribution in [0.25, 0.3) is 16.9 Å². The van der Waals surface area contributed by atoms with Crippen LogP contribution < -0.4 is 9.46 Å². The molecule has 10 heteroatoms. The lowest BCUT2D eigenvalue weighted by atomic mass is 10.1. The maximum absolute atomic E-state index is 14.2. The van der Waals surface area contributed by atoms with Gasteiger partial charge in [-0.2, -0.15) is 9.61 Å². The fourth-order valence-electron chi connectivity index (χ4n) is 2.83. The number of nitrogens with zero attached hydrogens (tertiary/aromatic N) is 4. The summed E-state index contributed by atoms with van der Waals surface area (Å²) >= 11 is 0. The lowest BCUT2D eigenvalue weighted by Crippen LogP contribution is -2.14. The number of hydrogen-bond acceptors (Lipinski definition) is 6. The van der Waals surface area contributed by atoms with Gasteiger partial charge in [-0.15, -0.1) is 10.2 Å². The number of nitrogens with one attached hydrogen (secondary N) is 1. The van der Waals surface area contributed by atoms with Crippen molar-refractivity contribution < 1.29 is 17.5 Å². The van der Waals surface area contributed by atoms with Gasteiger partial charge in [0, 0.05) is 17.3 Å². The molecule has 1 N–H and O–H groups in total. The highest BCUT2D eigenvalue weighted by Gasteiger charge is 2.20. The lowest BCUT2D eigenvalue weighted by molar-refractivity contribution is 0.410. The van der Waals surface area contributed by atoms with E-state index in [9.17, 15) is 12.8 Å². The van der Waals surface area contributed by atoms with Gasteiger partial charge in [0.05, 0.1) is 12.8 Å². The van der Waals surface area contributed by atoms with Gasteiger partial charge in [-0.05, 0) is 43.3 Å². The van der Waals surface area contributed by atoms with Gasteiger partial charge in [-0.3, -0.25) is 4.72 Å². The number of fused-ring (bicyclic) bond motifs is 1. The van der Waals surface area contributed by atoms with Gasteiger partial charge >= 0.3 is 0 Å². The van der Waals surface area contributed by atoms with Crippen molar-refractivity contribution in [1.82, 2.24) is 19.8 Å². The highest BCUT2D eigenvalue weighted by atomic mass is 32.2. The van der Waals surface area contributed by atoms with Crippen LogP contribution in [-0.4, -0.2) is 35.3 Å². The first-order valence-electron chi connectivity index (χ1n) is 8.53. The average Bonchev–Trinajstić information content (AvgIpc) is 3.08. The first-order chi connectivity index (χ1) is 13.9. The predicted octanol–water partition coefficient (Wildman–Crippen LogP) is 3.05. The number of aromatic nitrogens is 4. The van der Waals surface area contributed by atoms with Crippen LogP contribution in [0, 0.1) is 12.7 Å². The van der Waals surface area contributed by atoms with Crippen LogP contribution in [0.5, 0.6) is 5.75 Å². The molecular formula is C19H16FN5O3S. The second-order valence-electron chi connectivity index (χ2n) is 6.22. The number of benzene rings is 2. The fourth-order valence-corrected chi connectivity index (χ4v) is 3.94. The van der Waals surface area contributed by atoms with Crippen LogP contribution in [0.2, 0.25) is 0 Å². The third-order valence-corrected chi connectivity index (χ3v) is 5.67. The number of aryl methyl sites for hydroxylation is 1. The van der Waals surface area contributed by atoms with Crippen molar-refractivity contribution in [3.05, 3.63) is 66.2 Å². The van der Waals surface area contributed by atoms with Crippen molar-refractivity contribution in [1.29, 1.82) is 0 Å². The van der Waals surface area contributed by atoms with Gasteiger partial charge in [0.25, 0.3) is 10.0 Å². The molecule has 2 heterocycles. The molecule has 0 aliphatic rings. The molecule has 4 aromatic rings. The SMILES string of the molecule is COc1ccc(S(=O)(=O)Nc2cccc(-c3ccc4nnc(C)n4n3)c2)c(F)c1.